The Morgan fingerprint density at radius 2 is 2.02 bits per heavy atom. The fraction of sp³-hybridized carbons (Fsp3) is 0.333. The average Bonchev–Trinajstić information content (AvgIpc) is 3.19. The van der Waals surface area contributed by atoms with Gasteiger partial charge < -0.3 is 21.1 Å². The van der Waals surface area contributed by atoms with Crippen molar-refractivity contribution >= 4 is 50.7 Å². The standard InChI is InChI=1S/C28H30FN7OS.C2H6/c1-36(10-11-37)35-22-6-3-7-23-25(14-22)38-28-26(23)27(32-17-33-28)34-21-8-9-24(19(13-21)15-30)31-16-18-4-2-5-20(29)12-18;1-2/h2,4-5,8-9,12-13,15,17,30-31,37H,3,6-7,10-11,14,16H2,1H3,(H,32,33,34);1-2H3/b30-15?,35-22-;. The van der Waals surface area contributed by atoms with E-state index in [1.807, 2.05) is 45.2 Å². The smallest absolute Gasteiger partial charge is 0.142 e. The molecule has 2 aromatic heterocycles. The van der Waals surface area contributed by atoms with Crippen LogP contribution in [0.1, 0.15) is 48.3 Å². The molecule has 10 heteroatoms. The van der Waals surface area contributed by atoms with Crippen LogP contribution in [0, 0.1) is 11.2 Å². The minimum absolute atomic E-state index is 0.0791. The number of aliphatic hydroxyl groups excluding tert-OH is 1. The van der Waals surface area contributed by atoms with E-state index in [0.717, 1.165) is 64.4 Å². The first-order valence-electron chi connectivity index (χ1n) is 13.6. The number of nitrogens with zero attached hydrogens (tertiary/aromatic N) is 4. The van der Waals surface area contributed by atoms with Crippen molar-refractivity contribution in [2.24, 2.45) is 5.10 Å². The summed E-state index contributed by atoms with van der Waals surface area (Å²) in [5.74, 6) is 0.484. The molecule has 1 aliphatic carbocycles. The van der Waals surface area contributed by atoms with Gasteiger partial charge >= 0.3 is 0 Å². The summed E-state index contributed by atoms with van der Waals surface area (Å²) in [6.45, 7) is 5.05. The van der Waals surface area contributed by atoms with Crippen LogP contribution in [0.25, 0.3) is 10.2 Å². The minimum atomic E-state index is -0.267. The normalized spacial score (nSPS) is 13.7. The van der Waals surface area contributed by atoms with Crippen molar-refractivity contribution in [2.75, 3.05) is 30.8 Å². The summed E-state index contributed by atoms with van der Waals surface area (Å²) in [6.07, 6.45) is 6.49. The fourth-order valence-electron chi connectivity index (χ4n) is 4.70. The molecule has 4 aromatic rings. The van der Waals surface area contributed by atoms with Crippen LogP contribution in [-0.2, 0) is 19.4 Å². The van der Waals surface area contributed by atoms with E-state index in [0.29, 0.717) is 18.7 Å². The van der Waals surface area contributed by atoms with Gasteiger partial charge in [0.25, 0.3) is 0 Å². The topological polar surface area (TPSA) is 110 Å². The van der Waals surface area contributed by atoms with Crippen molar-refractivity contribution in [3.05, 3.63) is 76.2 Å². The Morgan fingerprint density at radius 1 is 1.18 bits per heavy atom. The van der Waals surface area contributed by atoms with Gasteiger partial charge in [-0.2, -0.15) is 5.10 Å². The molecule has 0 spiro atoms. The highest BCUT2D eigenvalue weighted by atomic mass is 32.1. The van der Waals surface area contributed by atoms with Crippen LogP contribution >= 0.6 is 11.3 Å². The van der Waals surface area contributed by atoms with Gasteiger partial charge in [0, 0.05) is 53.8 Å². The number of hydrogen-bond acceptors (Lipinski definition) is 9. The van der Waals surface area contributed by atoms with Crippen molar-refractivity contribution in [3.8, 4) is 0 Å². The monoisotopic (exact) mass is 561 g/mol. The summed E-state index contributed by atoms with van der Waals surface area (Å²) in [7, 11) is 1.89. The van der Waals surface area contributed by atoms with E-state index in [1.165, 1.54) is 28.8 Å². The largest absolute Gasteiger partial charge is 0.394 e. The van der Waals surface area contributed by atoms with Crippen LogP contribution in [0.3, 0.4) is 0 Å². The molecule has 0 saturated carbocycles. The van der Waals surface area contributed by atoms with Gasteiger partial charge in [-0.1, -0.05) is 26.0 Å². The fourth-order valence-corrected chi connectivity index (χ4v) is 5.93. The molecule has 0 atom stereocenters. The van der Waals surface area contributed by atoms with Gasteiger partial charge in [-0.05, 0) is 60.7 Å². The van der Waals surface area contributed by atoms with Gasteiger partial charge in [0.05, 0.1) is 18.5 Å². The van der Waals surface area contributed by atoms with E-state index in [1.54, 1.807) is 28.7 Å². The van der Waals surface area contributed by atoms with Crippen LogP contribution in [0.4, 0.5) is 21.6 Å². The van der Waals surface area contributed by atoms with Crippen LogP contribution in [0.2, 0.25) is 0 Å². The van der Waals surface area contributed by atoms with Crippen molar-refractivity contribution in [3.63, 3.8) is 0 Å². The summed E-state index contributed by atoms with van der Waals surface area (Å²) < 4.78 is 13.5. The van der Waals surface area contributed by atoms with Gasteiger partial charge in [0.2, 0.25) is 0 Å². The number of likely N-dealkylation sites (N-methyl/N-ethyl adjacent to an activating group) is 1. The highest BCUT2D eigenvalue weighted by Gasteiger charge is 2.22. The highest BCUT2D eigenvalue weighted by Crippen LogP contribution is 2.38. The van der Waals surface area contributed by atoms with E-state index in [-0.39, 0.29) is 12.4 Å². The van der Waals surface area contributed by atoms with E-state index < -0.39 is 0 Å². The average molecular weight is 562 g/mol. The predicted molar refractivity (Wildman–Crippen MR) is 164 cm³/mol. The van der Waals surface area contributed by atoms with Gasteiger partial charge in [0.15, 0.2) is 0 Å². The Labute approximate surface area is 238 Å². The lowest BCUT2D eigenvalue weighted by Gasteiger charge is -2.13. The number of anilines is 3. The van der Waals surface area contributed by atoms with E-state index in [2.05, 4.69) is 20.6 Å². The Bertz CT molecular complexity index is 1490. The Hall–Kier alpha value is -3.89. The molecule has 8 nitrogen and oxygen atoms in total. The number of fused-ring (bicyclic) bond motifs is 3. The zero-order valence-electron chi connectivity index (χ0n) is 23.2. The molecular formula is C30H36FN7OS. The summed E-state index contributed by atoms with van der Waals surface area (Å²) in [6, 6.07) is 12.2. The van der Waals surface area contributed by atoms with E-state index in [4.69, 9.17) is 10.5 Å². The van der Waals surface area contributed by atoms with Gasteiger partial charge in [-0.3, -0.25) is 5.01 Å². The quantitative estimate of drug-likeness (QED) is 0.107. The van der Waals surface area contributed by atoms with Gasteiger partial charge in [-0.15, -0.1) is 11.3 Å². The van der Waals surface area contributed by atoms with Crippen molar-refractivity contribution in [1.82, 2.24) is 15.0 Å². The molecule has 2 heterocycles. The number of hydrazone groups is 1. The zero-order chi connectivity index (χ0) is 28.5. The number of rotatable bonds is 9. The second kappa shape index (κ2) is 14.0. The molecule has 0 saturated heterocycles. The molecule has 0 bridgehead atoms. The minimum Gasteiger partial charge on any atom is -0.394 e. The third-order valence-corrected chi connectivity index (χ3v) is 7.65. The van der Waals surface area contributed by atoms with Crippen molar-refractivity contribution < 1.29 is 9.50 Å². The second-order valence-corrected chi connectivity index (χ2v) is 10.3. The highest BCUT2D eigenvalue weighted by molar-refractivity contribution is 7.19. The third kappa shape index (κ3) is 7.00. The first kappa shape index (κ1) is 29.1. The Morgan fingerprint density at radius 3 is 2.80 bits per heavy atom. The van der Waals surface area contributed by atoms with Crippen LogP contribution < -0.4 is 10.6 Å². The SMILES string of the molecule is CC.CN(CCO)/N=C1/CCCc2c(sc3ncnc(Nc4ccc(NCc5cccc(F)c5)c(C=N)c4)c23)C1. The lowest BCUT2D eigenvalue weighted by molar-refractivity contribution is 0.226. The van der Waals surface area contributed by atoms with E-state index >= 15 is 0 Å². The third-order valence-electron chi connectivity index (χ3n) is 6.51. The van der Waals surface area contributed by atoms with E-state index in [9.17, 15) is 9.50 Å². The number of benzene rings is 2. The molecular weight excluding hydrogens is 525 g/mol. The summed E-state index contributed by atoms with van der Waals surface area (Å²) in [5, 5.41) is 31.4. The Balaban J connectivity index is 0.00000181. The molecule has 40 heavy (non-hydrogen) atoms. The van der Waals surface area contributed by atoms with Gasteiger partial charge in [-0.25, -0.2) is 14.4 Å². The molecule has 0 amide bonds. The Kier molecular flexibility index (Phi) is 10.2. The maximum absolute atomic E-state index is 13.5. The lowest BCUT2D eigenvalue weighted by atomic mass is 10.1. The number of aliphatic hydroxyl groups is 1. The second-order valence-electron chi connectivity index (χ2n) is 9.26. The molecule has 1 aliphatic rings. The summed E-state index contributed by atoms with van der Waals surface area (Å²) >= 11 is 1.68. The van der Waals surface area contributed by atoms with Gasteiger partial charge in [0.1, 0.15) is 22.8 Å². The molecule has 5 rings (SSSR count). The molecule has 0 aliphatic heterocycles. The number of aryl methyl sites for hydroxylation is 1. The van der Waals surface area contributed by atoms with Crippen LogP contribution in [0.5, 0.6) is 0 Å². The number of halogens is 1. The molecule has 210 valence electrons. The molecule has 0 radical (unpaired) electrons. The van der Waals surface area contributed by atoms with Crippen LogP contribution in [0.15, 0.2) is 53.9 Å². The number of aromatic nitrogens is 2. The van der Waals surface area contributed by atoms with Crippen LogP contribution in [-0.4, -0.2) is 52.2 Å². The molecule has 2 aromatic carbocycles. The number of nitrogens with one attached hydrogen (secondary N) is 3. The maximum atomic E-state index is 13.5. The molecule has 4 N–H and O–H groups in total. The first-order chi connectivity index (χ1) is 19.5. The van der Waals surface area contributed by atoms with Crippen molar-refractivity contribution in [2.45, 2.75) is 46.1 Å². The number of thiophene rings is 1. The predicted octanol–water partition coefficient (Wildman–Crippen LogP) is 6.37. The summed E-state index contributed by atoms with van der Waals surface area (Å²) in [4.78, 5) is 11.3. The lowest BCUT2D eigenvalue weighted by Crippen LogP contribution is -2.19. The maximum Gasteiger partial charge on any atom is 0.142 e. The summed E-state index contributed by atoms with van der Waals surface area (Å²) in [5.41, 5.74) is 5.55. The first-order valence-corrected chi connectivity index (χ1v) is 14.4. The molecule has 0 fully saturated rings. The number of hydrogen-bond donors (Lipinski definition) is 4. The zero-order valence-corrected chi connectivity index (χ0v) is 24.0. The van der Waals surface area contributed by atoms with Crippen molar-refractivity contribution in [1.29, 1.82) is 5.41 Å². The molecule has 0 unspecified atom stereocenters.